The highest BCUT2D eigenvalue weighted by molar-refractivity contribution is 6.35. The highest BCUT2D eigenvalue weighted by Crippen LogP contribution is 2.03. The molecule has 0 bridgehead atoms. The molecule has 0 saturated carbocycles. The van der Waals surface area contributed by atoms with Crippen LogP contribution in [-0.4, -0.2) is 18.3 Å². The van der Waals surface area contributed by atoms with E-state index in [4.69, 9.17) is 28.3 Å². The summed E-state index contributed by atoms with van der Waals surface area (Å²) in [6.07, 6.45) is 0. The predicted molar refractivity (Wildman–Crippen MR) is 32.8 cm³/mol. The monoisotopic (exact) mass is 156 g/mol. The largest absolute Gasteiger partial charge is 0.480 e. The summed E-state index contributed by atoms with van der Waals surface area (Å²) in [5.41, 5.74) is 1.09. The van der Waals surface area contributed by atoms with Gasteiger partial charge in [-0.25, -0.2) is 0 Å². The normalized spacial score (nSPS) is 11.6. The van der Waals surface area contributed by atoms with E-state index in [9.17, 15) is 0 Å². The Bertz CT molecular complexity index is 82.1. The van der Waals surface area contributed by atoms with E-state index < -0.39 is 0 Å². The summed E-state index contributed by atoms with van der Waals surface area (Å²) in [7, 11) is 0. The molecule has 8 heavy (non-hydrogen) atoms. The molecule has 0 aliphatic heterocycles. The number of rotatable bonds is 3. The topological polar surface area (TPSA) is 29.5 Å². The third-order valence-electron chi connectivity index (χ3n) is 0.417. The molecule has 0 atom stereocenters. The molecule has 0 unspecified atom stereocenters. The summed E-state index contributed by atoms with van der Waals surface area (Å²) in [5, 5.41) is 8.25. The highest BCUT2D eigenvalue weighted by atomic mass is 35.5. The smallest absolute Gasteiger partial charge is 0.198 e. The van der Waals surface area contributed by atoms with Crippen LogP contribution in [0.3, 0.4) is 0 Å². The molecule has 0 spiro atoms. The molecular formula is C4H6Cl2O2. The third-order valence-corrected chi connectivity index (χ3v) is 0.945. The molecule has 4 heteroatoms. The molecule has 1 N–H and O–H groups in total. The van der Waals surface area contributed by atoms with Gasteiger partial charge < -0.3 is 9.84 Å². The molecule has 0 radical (unpaired) electrons. The number of aliphatic hydroxyl groups is 1. The summed E-state index contributed by atoms with van der Waals surface area (Å²) in [6.45, 7) is 0.128. The van der Waals surface area contributed by atoms with Gasteiger partial charge in [0, 0.05) is 0 Å². The first-order valence-electron chi connectivity index (χ1n) is 2.00. The van der Waals surface area contributed by atoms with E-state index >= 15 is 0 Å². The van der Waals surface area contributed by atoms with Crippen LogP contribution in [0.2, 0.25) is 0 Å². The lowest BCUT2D eigenvalue weighted by Gasteiger charge is -1.97. The van der Waals surface area contributed by atoms with Gasteiger partial charge in [0.2, 0.25) is 0 Å². The highest BCUT2D eigenvalue weighted by Gasteiger charge is 1.86. The molecule has 0 saturated heterocycles. The Hall–Kier alpha value is 0.0800. The fourth-order valence-electron chi connectivity index (χ4n) is 0.175. The van der Waals surface area contributed by atoms with Crippen molar-refractivity contribution in [2.75, 3.05) is 13.2 Å². The van der Waals surface area contributed by atoms with Crippen LogP contribution in [0.5, 0.6) is 0 Å². The minimum atomic E-state index is -0.0546. The fraction of sp³-hybridized carbons (Fsp3) is 0.500. The van der Waals surface area contributed by atoms with Crippen LogP contribution in [0, 0.1) is 0 Å². The third kappa shape index (κ3) is 4.24. The number of hydrogen-bond acceptors (Lipinski definition) is 2. The lowest BCUT2D eigenvalue weighted by atomic mass is 10.8. The van der Waals surface area contributed by atoms with Crippen molar-refractivity contribution in [3.05, 3.63) is 10.8 Å². The Labute approximate surface area is 57.7 Å². The summed E-state index contributed by atoms with van der Waals surface area (Å²) in [6, 6.07) is 0. The molecule has 0 aromatic heterocycles. The van der Waals surface area contributed by atoms with E-state index in [1.54, 1.807) is 0 Å². The summed E-state index contributed by atoms with van der Waals surface area (Å²) >= 11 is 10.3. The zero-order valence-electron chi connectivity index (χ0n) is 4.10. The maximum absolute atomic E-state index is 8.16. The van der Waals surface area contributed by atoms with Crippen molar-refractivity contribution >= 4 is 23.2 Å². The second-order valence-corrected chi connectivity index (χ2v) is 1.58. The van der Waals surface area contributed by atoms with Gasteiger partial charge in [0.25, 0.3) is 0 Å². The summed E-state index contributed by atoms with van der Waals surface area (Å²) in [5.74, 6) is 0. The molecule has 0 aliphatic rings. The average molecular weight is 157 g/mol. The van der Waals surface area contributed by atoms with E-state index in [1.165, 1.54) is 0 Å². The first-order valence-corrected chi connectivity index (χ1v) is 2.82. The Balaban J connectivity index is 3.12. The van der Waals surface area contributed by atoms with Crippen molar-refractivity contribution in [3.63, 3.8) is 0 Å². The van der Waals surface area contributed by atoms with Crippen molar-refractivity contribution in [2.45, 2.75) is 0 Å². The predicted octanol–water partition coefficient (Wildman–Crippen LogP) is 1.27. The maximum atomic E-state index is 8.16. The van der Waals surface area contributed by atoms with Crippen molar-refractivity contribution < 1.29 is 9.84 Å². The number of hydrogen-bond donors (Lipinski definition) is 1. The Morgan fingerprint density at radius 2 is 2.38 bits per heavy atom. The molecule has 0 aromatic carbocycles. The number of ether oxygens (including phenoxy) is 1. The van der Waals surface area contributed by atoms with Gasteiger partial charge >= 0.3 is 0 Å². The Morgan fingerprint density at radius 3 is 2.75 bits per heavy atom. The molecule has 2 nitrogen and oxygen atoms in total. The number of halogens is 2. The lowest BCUT2D eigenvalue weighted by Crippen LogP contribution is -1.94. The van der Waals surface area contributed by atoms with E-state index in [2.05, 4.69) is 4.74 Å². The van der Waals surface area contributed by atoms with Crippen LogP contribution in [-0.2, 0) is 4.74 Å². The van der Waals surface area contributed by atoms with Gasteiger partial charge in [-0.2, -0.15) is 0 Å². The van der Waals surface area contributed by atoms with Crippen LogP contribution in [0.15, 0.2) is 10.8 Å². The van der Waals surface area contributed by atoms with Crippen molar-refractivity contribution in [1.82, 2.24) is 0 Å². The molecular weight excluding hydrogens is 151 g/mol. The molecule has 48 valence electrons. The molecule has 0 aliphatic carbocycles. The van der Waals surface area contributed by atoms with Gasteiger partial charge in [-0.15, -0.1) is 0 Å². The van der Waals surface area contributed by atoms with Gasteiger partial charge in [0.15, 0.2) is 5.22 Å². The molecule has 0 amide bonds. The van der Waals surface area contributed by atoms with Gasteiger partial charge in [-0.3, -0.25) is 0 Å². The SMILES string of the molecule is OCCOC(Cl)=CCl. The van der Waals surface area contributed by atoms with Gasteiger partial charge in [-0.05, 0) is 11.6 Å². The second-order valence-electron chi connectivity index (χ2n) is 0.985. The van der Waals surface area contributed by atoms with E-state index in [0.717, 1.165) is 5.54 Å². The van der Waals surface area contributed by atoms with Crippen LogP contribution in [0.1, 0.15) is 0 Å². The molecule has 0 rings (SSSR count). The maximum Gasteiger partial charge on any atom is 0.198 e. The quantitative estimate of drug-likeness (QED) is 0.625. The molecule has 0 aromatic rings. The minimum absolute atomic E-state index is 0.0546. The standard InChI is InChI=1S/C4H6Cl2O2/c5-3-4(6)8-2-1-7/h3,7H,1-2H2. The van der Waals surface area contributed by atoms with Crippen molar-refractivity contribution in [1.29, 1.82) is 0 Å². The van der Waals surface area contributed by atoms with E-state index in [-0.39, 0.29) is 18.4 Å². The van der Waals surface area contributed by atoms with Crippen LogP contribution < -0.4 is 0 Å². The molecule has 0 fully saturated rings. The Morgan fingerprint density at radius 1 is 1.75 bits per heavy atom. The van der Waals surface area contributed by atoms with Gasteiger partial charge in [0.05, 0.1) is 12.1 Å². The second kappa shape index (κ2) is 5.22. The summed E-state index contributed by atoms with van der Waals surface area (Å²) in [4.78, 5) is 0. The van der Waals surface area contributed by atoms with Crippen molar-refractivity contribution in [3.8, 4) is 0 Å². The first-order chi connectivity index (χ1) is 3.81. The van der Waals surface area contributed by atoms with E-state index in [0.29, 0.717) is 0 Å². The van der Waals surface area contributed by atoms with Gasteiger partial charge in [0.1, 0.15) is 6.61 Å². The van der Waals surface area contributed by atoms with Crippen molar-refractivity contribution in [2.24, 2.45) is 0 Å². The van der Waals surface area contributed by atoms with Gasteiger partial charge in [-0.1, -0.05) is 11.6 Å². The van der Waals surface area contributed by atoms with Crippen LogP contribution in [0.25, 0.3) is 0 Å². The minimum Gasteiger partial charge on any atom is -0.480 e. The van der Waals surface area contributed by atoms with Crippen LogP contribution in [0.4, 0.5) is 0 Å². The number of aliphatic hydroxyl groups excluding tert-OH is 1. The summed E-state index contributed by atoms with van der Waals surface area (Å²) < 4.78 is 4.58. The lowest BCUT2D eigenvalue weighted by molar-refractivity contribution is 0.159. The van der Waals surface area contributed by atoms with Crippen LogP contribution >= 0.6 is 23.2 Å². The molecule has 0 heterocycles. The van der Waals surface area contributed by atoms with E-state index in [1.807, 2.05) is 0 Å². The average Bonchev–Trinajstić information content (AvgIpc) is 1.83. The fourth-order valence-corrected chi connectivity index (χ4v) is 0.315. The zero-order chi connectivity index (χ0) is 6.41. The Kier molecular flexibility index (Phi) is 5.27. The zero-order valence-corrected chi connectivity index (χ0v) is 5.61. The first kappa shape index (κ1) is 8.08.